The highest BCUT2D eigenvalue weighted by atomic mass is 16.5. The maximum absolute atomic E-state index is 11.4. The molecule has 0 fully saturated rings. The highest BCUT2D eigenvalue weighted by Crippen LogP contribution is 1.89. The number of nitrogens with zero attached hydrogens (tertiary/aromatic N) is 1. The standard InChI is InChI=1S/C15H32N4O3/c1-5-16-15(18-7-6-10-22-12-11-21-4)19-9-8-17-14(20)13(2)3/h13H,5-12H2,1-4H3,(H,17,20)(H2,16,18,19). The van der Waals surface area contributed by atoms with Gasteiger partial charge < -0.3 is 25.4 Å². The SMILES string of the molecule is CCNC(=NCCCOCCOC)NCCNC(=O)C(C)C. The third-order valence-corrected chi connectivity index (χ3v) is 2.73. The molecule has 22 heavy (non-hydrogen) atoms. The Morgan fingerprint density at radius 1 is 1.09 bits per heavy atom. The molecule has 0 aromatic carbocycles. The first-order chi connectivity index (χ1) is 10.6. The molecule has 0 atom stereocenters. The number of carbonyl (C=O) groups excluding carboxylic acids is 1. The average molecular weight is 316 g/mol. The molecule has 0 spiro atoms. The molecule has 7 heteroatoms. The quantitative estimate of drug-likeness (QED) is 0.275. The predicted octanol–water partition coefficient (Wildman–Crippen LogP) is 0.367. The second kappa shape index (κ2) is 14.6. The Kier molecular flexibility index (Phi) is 13.7. The topological polar surface area (TPSA) is 84.0 Å². The number of hydrogen-bond donors (Lipinski definition) is 3. The van der Waals surface area contributed by atoms with E-state index in [-0.39, 0.29) is 11.8 Å². The number of hydrogen-bond acceptors (Lipinski definition) is 4. The van der Waals surface area contributed by atoms with E-state index in [1.54, 1.807) is 7.11 Å². The lowest BCUT2D eigenvalue weighted by molar-refractivity contribution is -0.123. The van der Waals surface area contributed by atoms with E-state index in [1.165, 1.54) is 0 Å². The van der Waals surface area contributed by atoms with E-state index >= 15 is 0 Å². The Labute approximate surface area is 134 Å². The Bertz CT molecular complexity index is 309. The van der Waals surface area contributed by atoms with Crippen molar-refractivity contribution in [2.45, 2.75) is 27.2 Å². The molecule has 0 heterocycles. The predicted molar refractivity (Wildman–Crippen MR) is 89.1 cm³/mol. The Hall–Kier alpha value is -1.34. The normalized spacial score (nSPS) is 11.6. The molecule has 0 saturated carbocycles. The van der Waals surface area contributed by atoms with Gasteiger partial charge in [0, 0.05) is 45.8 Å². The van der Waals surface area contributed by atoms with Gasteiger partial charge in [0.15, 0.2) is 5.96 Å². The van der Waals surface area contributed by atoms with Gasteiger partial charge in [0.1, 0.15) is 0 Å². The smallest absolute Gasteiger partial charge is 0.222 e. The number of nitrogens with one attached hydrogen (secondary N) is 3. The van der Waals surface area contributed by atoms with Crippen LogP contribution < -0.4 is 16.0 Å². The fourth-order valence-electron chi connectivity index (χ4n) is 1.51. The van der Waals surface area contributed by atoms with Gasteiger partial charge in [-0.05, 0) is 13.3 Å². The molecule has 0 saturated heterocycles. The average Bonchev–Trinajstić information content (AvgIpc) is 2.50. The first-order valence-corrected chi connectivity index (χ1v) is 7.98. The Morgan fingerprint density at radius 2 is 1.82 bits per heavy atom. The lowest BCUT2D eigenvalue weighted by Crippen LogP contribution is -2.42. The van der Waals surface area contributed by atoms with Crippen LogP contribution in [0.3, 0.4) is 0 Å². The molecule has 0 rings (SSSR count). The molecule has 0 aromatic heterocycles. The number of rotatable bonds is 12. The third-order valence-electron chi connectivity index (χ3n) is 2.73. The fourth-order valence-corrected chi connectivity index (χ4v) is 1.51. The summed E-state index contributed by atoms with van der Waals surface area (Å²) in [6.07, 6.45) is 0.865. The molecule has 1 amide bonds. The number of amides is 1. The minimum Gasteiger partial charge on any atom is -0.382 e. The van der Waals surface area contributed by atoms with E-state index in [1.807, 2.05) is 20.8 Å². The van der Waals surface area contributed by atoms with E-state index < -0.39 is 0 Å². The number of carbonyl (C=O) groups is 1. The molecule has 0 aliphatic rings. The summed E-state index contributed by atoms with van der Waals surface area (Å²) in [5.41, 5.74) is 0. The molecule has 0 radical (unpaired) electrons. The summed E-state index contributed by atoms with van der Waals surface area (Å²) in [5.74, 6) is 0.843. The van der Waals surface area contributed by atoms with Crippen LogP contribution in [0.2, 0.25) is 0 Å². The minimum absolute atomic E-state index is 0.0139. The zero-order valence-corrected chi connectivity index (χ0v) is 14.4. The van der Waals surface area contributed by atoms with Crippen molar-refractivity contribution in [2.24, 2.45) is 10.9 Å². The van der Waals surface area contributed by atoms with E-state index in [2.05, 4.69) is 20.9 Å². The molecule has 3 N–H and O–H groups in total. The van der Waals surface area contributed by atoms with Crippen LogP contribution in [0.5, 0.6) is 0 Å². The van der Waals surface area contributed by atoms with Crippen LogP contribution in [0.1, 0.15) is 27.2 Å². The molecule has 130 valence electrons. The van der Waals surface area contributed by atoms with Crippen LogP contribution in [-0.2, 0) is 14.3 Å². The van der Waals surface area contributed by atoms with Gasteiger partial charge >= 0.3 is 0 Å². The van der Waals surface area contributed by atoms with Crippen LogP contribution >= 0.6 is 0 Å². The van der Waals surface area contributed by atoms with Crippen molar-refractivity contribution < 1.29 is 14.3 Å². The van der Waals surface area contributed by atoms with Gasteiger partial charge in [-0.3, -0.25) is 9.79 Å². The zero-order valence-electron chi connectivity index (χ0n) is 14.4. The van der Waals surface area contributed by atoms with Crippen LogP contribution in [0.4, 0.5) is 0 Å². The second-order valence-corrected chi connectivity index (χ2v) is 5.09. The largest absolute Gasteiger partial charge is 0.382 e. The van der Waals surface area contributed by atoms with Gasteiger partial charge in [-0.1, -0.05) is 13.8 Å². The molecular weight excluding hydrogens is 284 g/mol. The van der Waals surface area contributed by atoms with Crippen molar-refractivity contribution in [3.8, 4) is 0 Å². The van der Waals surface area contributed by atoms with Gasteiger partial charge in [-0.15, -0.1) is 0 Å². The number of guanidine groups is 1. The van der Waals surface area contributed by atoms with Gasteiger partial charge in [0.2, 0.25) is 5.91 Å². The van der Waals surface area contributed by atoms with Crippen molar-refractivity contribution in [2.75, 3.05) is 53.1 Å². The van der Waals surface area contributed by atoms with Crippen LogP contribution in [0, 0.1) is 5.92 Å². The van der Waals surface area contributed by atoms with Gasteiger partial charge in [0.05, 0.1) is 13.2 Å². The summed E-state index contributed by atoms with van der Waals surface area (Å²) in [7, 11) is 1.66. The Balaban J connectivity index is 3.79. The molecule has 0 aromatic rings. The minimum atomic E-state index is 0.0139. The highest BCUT2D eigenvalue weighted by Gasteiger charge is 2.05. The fraction of sp³-hybridized carbons (Fsp3) is 0.867. The summed E-state index contributed by atoms with van der Waals surface area (Å²) in [6, 6.07) is 0. The lowest BCUT2D eigenvalue weighted by atomic mass is 10.2. The Morgan fingerprint density at radius 3 is 2.45 bits per heavy atom. The van der Waals surface area contributed by atoms with Gasteiger partial charge in [0.25, 0.3) is 0 Å². The van der Waals surface area contributed by atoms with Crippen LogP contribution in [0.15, 0.2) is 4.99 Å². The highest BCUT2D eigenvalue weighted by molar-refractivity contribution is 5.80. The van der Waals surface area contributed by atoms with Crippen molar-refractivity contribution in [1.82, 2.24) is 16.0 Å². The summed E-state index contributed by atoms with van der Waals surface area (Å²) >= 11 is 0. The lowest BCUT2D eigenvalue weighted by Gasteiger charge is -2.12. The van der Waals surface area contributed by atoms with E-state index in [9.17, 15) is 4.79 Å². The van der Waals surface area contributed by atoms with E-state index in [0.717, 1.165) is 18.9 Å². The maximum atomic E-state index is 11.4. The summed E-state index contributed by atoms with van der Waals surface area (Å²) in [4.78, 5) is 15.9. The third kappa shape index (κ3) is 12.4. The van der Waals surface area contributed by atoms with Crippen LogP contribution in [0.25, 0.3) is 0 Å². The summed E-state index contributed by atoms with van der Waals surface area (Å²) in [5, 5.41) is 9.22. The first-order valence-electron chi connectivity index (χ1n) is 7.98. The van der Waals surface area contributed by atoms with Crippen molar-refractivity contribution in [3.63, 3.8) is 0 Å². The van der Waals surface area contributed by atoms with Gasteiger partial charge in [-0.25, -0.2) is 0 Å². The van der Waals surface area contributed by atoms with Crippen molar-refractivity contribution in [1.29, 1.82) is 0 Å². The maximum Gasteiger partial charge on any atom is 0.222 e. The summed E-state index contributed by atoms with van der Waals surface area (Å²) in [6.45, 7) is 10.4. The number of aliphatic imine (C=N–C) groups is 1. The molecular formula is C15H32N4O3. The van der Waals surface area contributed by atoms with Crippen molar-refractivity contribution in [3.05, 3.63) is 0 Å². The van der Waals surface area contributed by atoms with E-state index in [4.69, 9.17) is 9.47 Å². The molecule has 0 bridgehead atoms. The number of methoxy groups -OCH3 is 1. The first kappa shape index (κ1) is 20.7. The molecule has 0 aliphatic carbocycles. The summed E-state index contributed by atoms with van der Waals surface area (Å²) < 4.78 is 10.3. The molecule has 7 nitrogen and oxygen atoms in total. The van der Waals surface area contributed by atoms with Crippen LogP contribution in [-0.4, -0.2) is 65.0 Å². The van der Waals surface area contributed by atoms with Gasteiger partial charge in [-0.2, -0.15) is 0 Å². The van der Waals surface area contributed by atoms with Crippen molar-refractivity contribution >= 4 is 11.9 Å². The monoisotopic (exact) mass is 316 g/mol. The molecule has 0 unspecified atom stereocenters. The zero-order chi connectivity index (χ0) is 16.6. The molecule has 0 aliphatic heterocycles. The number of ether oxygens (including phenoxy) is 2. The van der Waals surface area contributed by atoms with E-state index in [0.29, 0.717) is 39.5 Å². The second-order valence-electron chi connectivity index (χ2n) is 5.09.